The molecule has 1 heterocycles. The molecule has 0 bridgehead atoms. The summed E-state index contributed by atoms with van der Waals surface area (Å²) in [5.74, 6) is -0.672. The Bertz CT molecular complexity index is 1130. The molecule has 0 fully saturated rings. The average Bonchev–Trinajstić information content (AvgIpc) is 2.79. The Balaban J connectivity index is 2.41. The van der Waals surface area contributed by atoms with Crippen LogP contribution in [0.15, 0.2) is 33.9 Å². The molecule has 0 aliphatic heterocycles. The zero-order chi connectivity index (χ0) is 25.3. The van der Waals surface area contributed by atoms with Gasteiger partial charge in [0.05, 0.1) is 7.11 Å². The van der Waals surface area contributed by atoms with Gasteiger partial charge in [-0.25, -0.2) is 4.79 Å². The standard InChI is InChI=1S/C23H30F2N4O5/c1-4-6-12-28(19-20(26)29(13-7-5-2)23(32)27-21(19)31)18(30)11-9-15-8-10-16(34-22(24)25)17(14-15)33-3/h8-11,14,22H,4-7,12-13,26H2,1-3H3,(H,27,31,32)/b11-9+. The Kier molecular flexibility index (Phi) is 9.84. The summed E-state index contributed by atoms with van der Waals surface area (Å²) in [6.07, 6.45) is 5.52. The van der Waals surface area contributed by atoms with E-state index in [0.717, 1.165) is 12.8 Å². The molecule has 2 aromatic rings. The van der Waals surface area contributed by atoms with Crippen molar-refractivity contribution in [1.82, 2.24) is 9.55 Å². The number of alkyl halides is 2. The fraction of sp³-hybridized carbons (Fsp3) is 0.435. The van der Waals surface area contributed by atoms with Crippen molar-refractivity contribution in [3.05, 3.63) is 50.7 Å². The Morgan fingerprint density at radius 2 is 1.91 bits per heavy atom. The number of nitrogens with zero attached hydrogens (tertiary/aromatic N) is 2. The van der Waals surface area contributed by atoms with Crippen LogP contribution in [0.1, 0.15) is 45.1 Å². The molecule has 1 aromatic carbocycles. The van der Waals surface area contributed by atoms with E-state index in [2.05, 4.69) is 9.72 Å². The van der Waals surface area contributed by atoms with Gasteiger partial charge in [0.25, 0.3) is 11.5 Å². The van der Waals surface area contributed by atoms with Crippen LogP contribution in [0.25, 0.3) is 6.08 Å². The summed E-state index contributed by atoms with van der Waals surface area (Å²) < 4.78 is 35.8. The third-order valence-corrected chi connectivity index (χ3v) is 5.04. The van der Waals surface area contributed by atoms with E-state index in [4.69, 9.17) is 10.5 Å². The van der Waals surface area contributed by atoms with Crippen LogP contribution in [0, 0.1) is 0 Å². The van der Waals surface area contributed by atoms with Crippen LogP contribution in [0.4, 0.5) is 20.3 Å². The number of hydrogen-bond acceptors (Lipinski definition) is 6. The minimum absolute atomic E-state index is 0.0708. The number of nitrogens with two attached hydrogens (primary N) is 1. The summed E-state index contributed by atoms with van der Waals surface area (Å²) in [5, 5.41) is 0. The molecular weight excluding hydrogens is 450 g/mol. The number of halogens is 2. The molecule has 11 heteroatoms. The molecule has 1 aromatic heterocycles. The van der Waals surface area contributed by atoms with Crippen molar-refractivity contribution in [2.75, 3.05) is 24.3 Å². The van der Waals surface area contributed by atoms with Gasteiger partial charge in [0.1, 0.15) is 5.82 Å². The molecule has 0 radical (unpaired) electrons. The number of rotatable bonds is 12. The van der Waals surface area contributed by atoms with Gasteiger partial charge in [-0.1, -0.05) is 32.8 Å². The number of nitrogens with one attached hydrogen (secondary N) is 1. The molecular formula is C23H30F2N4O5. The van der Waals surface area contributed by atoms with E-state index in [9.17, 15) is 23.2 Å². The lowest BCUT2D eigenvalue weighted by Gasteiger charge is -2.23. The monoisotopic (exact) mass is 480 g/mol. The van der Waals surface area contributed by atoms with E-state index in [-0.39, 0.29) is 29.5 Å². The fourth-order valence-corrected chi connectivity index (χ4v) is 3.26. The van der Waals surface area contributed by atoms with Gasteiger partial charge in [0.15, 0.2) is 17.2 Å². The lowest BCUT2D eigenvalue weighted by molar-refractivity contribution is -0.114. The second-order valence-corrected chi connectivity index (χ2v) is 7.46. The highest BCUT2D eigenvalue weighted by Crippen LogP contribution is 2.30. The van der Waals surface area contributed by atoms with Crippen molar-refractivity contribution in [2.45, 2.75) is 52.7 Å². The first-order chi connectivity index (χ1) is 16.2. The lowest BCUT2D eigenvalue weighted by atomic mass is 10.1. The maximum atomic E-state index is 13.1. The SMILES string of the molecule is CCCCN(C(=O)/C=C/c1ccc(OC(F)F)c(OC)c1)c1c(N)n(CCCC)c(=O)[nH]c1=O. The van der Waals surface area contributed by atoms with Crippen LogP contribution in [0.3, 0.4) is 0 Å². The number of benzene rings is 1. The number of anilines is 2. The van der Waals surface area contributed by atoms with Crippen molar-refractivity contribution in [1.29, 1.82) is 0 Å². The maximum Gasteiger partial charge on any atom is 0.387 e. The summed E-state index contributed by atoms with van der Waals surface area (Å²) in [7, 11) is 1.31. The molecule has 0 atom stereocenters. The minimum Gasteiger partial charge on any atom is -0.493 e. The first-order valence-electron chi connectivity index (χ1n) is 11.0. The third kappa shape index (κ3) is 6.69. The minimum atomic E-state index is -3.01. The number of methoxy groups -OCH3 is 1. The highest BCUT2D eigenvalue weighted by atomic mass is 19.3. The molecule has 9 nitrogen and oxygen atoms in total. The van der Waals surface area contributed by atoms with E-state index in [1.165, 1.54) is 46.9 Å². The summed E-state index contributed by atoms with van der Waals surface area (Å²) in [6, 6.07) is 4.22. The molecule has 0 saturated heterocycles. The second kappa shape index (κ2) is 12.6. The van der Waals surface area contributed by atoms with Crippen molar-refractivity contribution >= 4 is 23.5 Å². The van der Waals surface area contributed by atoms with Crippen LogP contribution in [-0.2, 0) is 11.3 Å². The number of ether oxygens (including phenoxy) is 2. The van der Waals surface area contributed by atoms with Crippen LogP contribution < -0.4 is 31.4 Å². The zero-order valence-corrected chi connectivity index (χ0v) is 19.5. The summed E-state index contributed by atoms with van der Waals surface area (Å²) in [4.78, 5) is 41.4. The fourth-order valence-electron chi connectivity index (χ4n) is 3.26. The first-order valence-corrected chi connectivity index (χ1v) is 11.0. The highest BCUT2D eigenvalue weighted by molar-refractivity contribution is 6.05. The van der Waals surface area contributed by atoms with Crippen molar-refractivity contribution in [2.24, 2.45) is 0 Å². The topological polar surface area (TPSA) is 120 Å². The first kappa shape index (κ1) is 26.6. The van der Waals surface area contributed by atoms with Gasteiger partial charge in [-0.15, -0.1) is 0 Å². The number of hydrogen-bond donors (Lipinski definition) is 2. The number of aromatic nitrogens is 2. The zero-order valence-electron chi connectivity index (χ0n) is 19.5. The molecule has 1 amide bonds. The number of carbonyl (C=O) groups excluding carboxylic acids is 1. The number of H-pyrrole nitrogens is 1. The van der Waals surface area contributed by atoms with Crippen molar-refractivity contribution in [3.63, 3.8) is 0 Å². The molecule has 186 valence electrons. The molecule has 0 saturated carbocycles. The molecule has 0 aliphatic carbocycles. The van der Waals surface area contributed by atoms with E-state index in [0.29, 0.717) is 24.9 Å². The number of unbranched alkanes of at least 4 members (excludes halogenated alkanes) is 2. The van der Waals surface area contributed by atoms with Gasteiger partial charge >= 0.3 is 12.3 Å². The third-order valence-electron chi connectivity index (χ3n) is 5.04. The van der Waals surface area contributed by atoms with Gasteiger partial charge in [-0.3, -0.25) is 19.1 Å². The van der Waals surface area contributed by atoms with E-state index in [1.807, 2.05) is 13.8 Å². The quantitative estimate of drug-likeness (QED) is 0.450. The smallest absolute Gasteiger partial charge is 0.387 e. The van der Waals surface area contributed by atoms with E-state index < -0.39 is 23.8 Å². The Morgan fingerprint density at radius 1 is 1.21 bits per heavy atom. The van der Waals surface area contributed by atoms with Gasteiger partial charge in [0, 0.05) is 19.2 Å². The number of carbonyl (C=O) groups is 1. The van der Waals surface area contributed by atoms with E-state index in [1.54, 1.807) is 0 Å². The van der Waals surface area contributed by atoms with Crippen LogP contribution in [0.5, 0.6) is 11.5 Å². The molecule has 0 unspecified atom stereocenters. The number of aromatic amines is 1. The highest BCUT2D eigenvalue weighted by Gasteiger charge is 2.22. The summed E-state index contributed by atoms with van der Waals surface area (Å²) in [5.41, 5.74) is 5.19. The molecule has 0 spiro atoms. The average molecular weight is 481 g/mol. The predicted octanol–water partition coefficient (Wildman–Crippen LogP) is 3.38. The molecule has 2 rings (SSSR count). The maximum absolute atomic E-state index is 13.1. The number of amides is 1. The normalized spacial score (nSPS) is 11.2. The Hall–Kier alpha value is -3.63. The summed E-state index contributed by atoms with van der Waals surface area (Å²) in [6.45, 7) is 1.40. The largest absolute Gasteiger partial charge is 0.493 e. The predicted molar refractivity (Wildman–Crippen MR) is 127 cm³/mol. The van der Waals surface area contributed by atoms with Crippen LogP contribution >= 0.6 is 0 Å². The van der Waals surface area contributed by atoms with Gasteiger partial charge in [-0.2, -0.15) is 8.78 Å². The van der Waals surface area contributed by atoms with Gasteiger partial charge < -0.3 is 20.1 Å². The van der Waals surface area contributed by atoms with Gasteiger partial charge in [-0.05, 0) is 36.6 Å². The summed E-state index contributed by atoms with van der Waals surface area (Å²) >= 11 is 0. The Morgan fingerprint density at radius 3 is 2.53 bits per heavy atom. The van der Waals surface area contributed by atoms with Crippen molar-refractivity contribution < 1.29 is 23.0 Å². The Labute approximate surface area is 195 Å². The van der Waals surface area contributed by atoms with Crippen LogP contribution in [0.2, 0.25) is 0 Å². The van der Waals surface area contributed by atoms with Gasteiger partial charge in [0.2, 0.25) is 0 Å². The number of nitrogen functional groups attached to an aromatic ring is 1. The lowest BCUT2D eigenvalue weighted by Crippen LogP contribution is -2.41. The van der Waals surface area contributed by atoms with E-state index >= 15 is 0 Å². The molecule has 0 aliphatic rings. The van der Waals surface area contributed by atoms with Crippen molar-refractivity contribution in [3.8, 4) is 11.5 Å². The van der Waals surface area contributed by atoms with Crippen LogP contribution in [-0.4, -0.2) is 35.7 Å². The second-order valence-electron chi connectivity index (χ2n) is 7.46. The molecule has 3 N–H and O–H groups in total. The molecule has 34 heavy (non-hydrogen) atoms.